The standard InChI is InChI=1S/C24H17F3N4O3S/c1-3-30-12-18-15-8-9-28-11-17(15)16-5-7-20(23(27)22(16)24(18)29-30)31(13(2)32)35(33,34)21-10-14(25)4-6-19(21)26/h4-12H,3H2,1-2H3. The summed E-state index contributed by atoms with van der Waals surface area (Å²) in [5.41, 5.74) is -0.373. The number of anilines is 1. The van der Waals surface area contributed by atoms with Gasteiger partial charge in [0.1, 0.15) is 22.0 Å². The van der Waals surface area contributed by atoms with Gasteiger partial charge in [-0.15, -0.1) is 0 Å². The molecule has 0 radical (unpaired) electrons. The topological polar surface area (TPSA) is 85.2 Å². The highest BCUT2D eigenvalue weighted by Crippen LogP contribution is 2.39. The molecule has 1 amide bonds. The molecular formula is C24H17F3N4O3S. The zero-order chi connectivity index (χ0) is 25.1. The summed E-state index contributed by atoms with van der Waals surface area (Å²) in [7, 11) is -5.00. The summed E-state index contributed by atoms with van der Waals surface area (Å²) in [6, 6.07) is 6.14. The maximum atomic E-state index is 16.2. The summed E-state index contributed by atoms with van der Waals surface area (Å²) in [6.45, 7) is 3.25. The van der Waals surface area contributed by atoms with Crippen LogP contribution in [0.2, 0.25) is 0 Å². The maximum Gasteiger partial charge on any atom is 0.274 e. The summed E-state index contributed by atoms with van der Waals surface area (Å²) < 4.78 is 72.6. The molecule has 0 aliphatic carbocycles. The normalized spacial score (nSPS) is 12.0. The molecule has 0 atom stereocenters. The van der Waals surface area contributed by atoms with Crippen molar-refractivity contribution < 1.29 is 26.4 Å². The lowest BCUT2D eigenvalue weighted by Crippen LogP contribution is -2.36. The van der Waals surface area contributed by atoms with Gasteiger partial charge in [-0.05, 0) is 48.0 Å². The van der Waals surface area contributed by atoms with Gasteiger partial charge in [-0.25, -0.2) is 21.6 Å². The van der Waals surface area contributed by atoms with Crippen LogP contribution in [0.15, 0.2) is 59.9 Å². The fourth-order valence-electron chi connectivity index (χ4n) is 4.23. The van der Waals surface area contributed by atoms with E-state index in [1.165, 1.54) is 6.07 Å². The van der Waals surface area contributed by atoms with Crippen molar-refractivity contribution in [2.24, 2.45) is 0 Å². The lowest BCUT2D eigenvalue weighted by Gasteiger charge is -2.23. The second kappa shape index (κ2) is 8.05. The van der Waals surface area contributed by atoms with E-state index in [9.17, 15) is 22.0 Å². The average Bonchev–Trinajstić information content (AvgIpc) is 3.26. The Morgan fingerprint density at radius 2 is 1.80 bits per heavy atom. The first-order chi connectivity index (χ1) is 16.6. The molecule has 5 aromatic rings. The van der Waals surface area contributed by atoms with E-state index in [1.807, 2.05) is 6.92 Å². The van der Waals surface area contributed by atoms with Crippen molar-refractivity contribution in [1.82, 2.24) is 14.8 Å². The van der Waals surface area contributed by atoms with Crippen LogP contribution in [0.1, 0.15) is 13.8 Å². The Morgan fingerprint density at radius 3 is 2.51 bits per heavy atom. The number of halogens is 3. The summed E-state index contributed by atoms with van der Waals surface area (Å²) in [4.78, 5) is 15.5. The fraction of sp³-hybridized carbons (Fsp3) is 0.125. The lowest BCUT2D eigenvalue weighted by molar-refractivity contribution is -0.115. The highest BCUT2D eigenvalue weighted by molar-refractivity contribution is 7.93. The van der Waals surface area contributed by atoms with Crippen LogP contribution in [0.4, 0.5) is 18.9 Å². The Kier molecular flexibility index (Phi) is 5.24. The Labute approximate surface area is 197 Å². The monoisotopic (exact) mass is 498 g/mol. The van der Waals surface area contributed by atoms with Gasteiger partial charge in [0.2, 0.25) is 5.91 Å². The van der Waals surface area contributed by atoms with Crippen molar-refractivity contribution >= 4 is 54.1 Å². The van der Waals surface area contributed by atoms with Crippen molar-refractivity contribution in [1.29, 1.82) is 0 Å². The number of nitrogens with zero attached hydrogens (tertiary/aromatic N) is 4. The number of aromatic nitrogens is 3. The van der Waals surface area contributed by atoms with Crippen LogP contribution in [0.5, 0.6) is 0 Å². The van der Waals surface area contributed by atoms with Crippen molar-refractivity contribution in [3.8, 4) is 0 Å². The second-order valence-electron chi connectivity index (χ2n) is 7.85. The number of carbonyl (C=O) groups excluding carboxylic acids is 1. The molecule has 0 N–H and O–H groups in total. The quantitative estimate of drug-likeness (QED) is 0.329. The second-order valence-corrected chi connectivity index (χ2v) is 9.61. The minimum atomic E-state index is -5.00. The molecule has 0 spiro atoms. The minimum absolute atomic E-state index is 0.0219. The molecule has 2 aromatic heterocycles. The van der Waals surface area contributed by atoms with E-state index in [-0.39, 0.29) is 15.2 Å². The third kappa shape index (κ3) is 3.42. The van der Waals surface area contributed by atoms with Crippen LogP contribution in [-0.2, 0) is 21.4 Å². The molecular weight excluding hydrogens is 481 g/mol. The van der Waals surface area contributed by atoms with E-state index in [0.29, 0.717) is 34.8 Å². The smallest absolute Gasteiger partial charge is 0.274 e. The van der Waals surface area contributed by atoms with Gasteiger partial charge in [-0.2, -0.15) is 9.40 Å². The van der Waals surface area contributed by atoms with Gasteiger partial charge in [0.05, 0.1) is 5.69 Å². The zero-order valence-corrected chi connectivity index (χ0v) is 19.3. The first-order valence-corrected chi connectivity index (χ1v) is 11.9. The first-order valence-electron chi connectivity index (χ1n) is 10.5. The van der Waals surface area contributed by atoms with Crippen molar-refractivity contribution in [3.63, 3.8) is 0 Å². The van der Waals surface area contributed by atoms with Crippen LogP contribution < -0.4 is 4.31 Å². The fourth-order valence-corrected chi connectivity index (χ4v) is 5.74. The summed E-state index contributed by atoms with van der Waals surface area (Å²) in [6.07, 6.45) is 4.89. The van der Waals surface area contributed by atoms with E-state index < -0.39 is 44.0 Å². The number of aryl methyl sites for hydroxylation is 1. The minimum Gasteiger partial charge on any atom is -0.274 e. The van der Waals surface area contributed by atoms with Crippen LogP contribution >= 0.6 is 0 Å². The lowest BCUT2D eigenvalue weighted by atomic mass is 9.99. The van der Waals surface area contributed by atoms with E-state index >= 15 is 4.39 Å². The van der Waals surface area contributed by atoms with Crippen LogP contribution in [0, 0.1) is 17.5 Å². The van der Waals surface area contributed by atoms with E-state index in [1.54, 1.807) is 29.3 Å². The molecule has 5 rings (SSSR count). The van der Waals surface area contributed by atoms with Crippen molar-refractivity contribution in [2.45, 2.75) is 25.3 Å². The Morgan fingerprint density at radius 1 is 1.03 bits per heavy atom. The number of hydrogen-bond donors (Lipinski definition) is 0. The Bertz CT molecular complexity index is 1780. The molecule has 0 saturated heterocycles. The van der Waals surface area contributed by atoms with Crippen LogP contribution in [0.3, 0.4) is 0 Å². The SMILES string of the molecule is CCn1cc2c3ccncc3c3ccc(N(C(C)=O)S(=O)(=O)c4cc(F)ccc4F)c(F)c3c2n1. The van der Waals surface area contributed by atoms with Gasteiger partial charge >= 0.3 is 0 Å². The van der Waals surface area contributed by atoms with Crippen molar-refractivity contribution in [3.05, 3.63) is 72.4 Å². The largest absolute Gasteiger partial charge is 0.274 e. The zero-order valence-electron chi connectivity index (χ0n) is 18.5. The van der Waals surface area contributed by atoms with Gasteiger partial charge in [0.15, 0.2) is 5.82 Å². The number of amides is 1. The van der Waals surface area contributed by atoms with E-state index in [2.05, 4.69) is 10.1 Å². The molecule has 0 aliphatic heterocycles. The summed E-state index contributed by atoms with van der Waals surface area (Å²) in [5, 5.41) is 6.82. The number of fused-ring (bicyclic) bond motifs is 6. The first kappa shape index (κ1) is 22.8. The number of hydrogen-bond acceptors (Lipinski definition) is 5. The molecule has 0 aliphatic rings. The molecule has 0 saturated carbocycles. The van der Waals surface area contributed by atoms with Gasteiger partial charge in [0, 0.05) is 48.2 Å². The predicted octanol–water partition coefficient (Wildman–Crippen LogP) is 4.92. The summed E-state index contributed by atoms with van der Waals surface area (Å²) in [5.74, 6) is -4.46. The van der Waals surface area contributed by atoms with Gasteiger partial charge < -0.3 is 0 Å². The number of rotatable bonds is 4. The van der Waals surface area contributed by atoms with Crippen LogP contribution in [0.25, 0.3) is 32.4 Å². The van der Waals surface area contributed by atoms with E-state index in [0.717, 1.165) is 24.4 Å². The van der Waals surface area contributed by atoms with E-state index in [4.69, 9.17) is 0 Å². The molecule has 178 valence electrons. The highest BCUT2D eigenvalue weighted by atomic mass is 32.2. The molecule has 7 nitrogen and oxygen atoms in total. The van der Waals surface area contributed by atoms with Gasteiger partial charge in [0.25, 0.3) is 10.0 Å². The molecule has 3 aromatic carbocycles. The third-order valence-corrected chi connectivity index (χ3v) is 7.56. The highest BCUT2D eigenvalue weighted by Gasteiger charge is 2.34. The molecule has 2 heterocycles. The maximum absolute atomic E-state index is 16.2. The Balaban J connectivity index is 1.87. The number of benzene rings is 3. The summed E-state index contributed by atoms with van der Waals surface area (Å²) >= 11 is 0. The Hall–Kier alpha value is -3.99. The third-order valence-electron chi connectivity index (χ3n) is 5.76. The number of sulfonamides is 1. The molecule has 0 unspecified atom stereocenters. The molecule has 0 bridgehead atoms. The number of pyridine rings is 1. The molecule has 11 heteroatoms. The van der Waals surface area contributed by atoms with Crippen LogP contribution in [-0.4, -0.2) is 29.1 Å². The molecule has 0 fully saturated rings. The number of carbonyl (C=O) groups is 1. The van der Waals surface area contributed by atoms with Gasteiger partial charge in [-0.3, -0.25) is 14.5 Å². The van der Waals surface area contributed by atoms with Gasteiger partial charge in [-0.1, -0.05) is 6.07 Å². The van der Waals surface area contributed by atoms with Crippen molar-refractivity contribution in [2.75, 3.05) is 4.31 Å². The molecule has 35 heavy (non-hydrogen) atoms. The average molecular weight is 498 g/mol. The predicted molar refractivity (Wildman–Crippen MR) is 125 cm³/mol.